The summed E-state index contributed by atoms with van der Waals surface area (Å²) < 4.78 is 0. The Bertz CT molecular complexity index is 316. The van der Waals surface area contributed by atoms with Crippen molar-refractivity contribution in [1.29, 1.82) is 0 Å². The first-order valence-corrected chi connectivity index (χ1v) is 3.24. The molecule has 4 heteroatoms. The molecule has 0 saturated heterocycles. The van der Waals surface area contributed by atoms with Crippen molar-refractivity contribution in [2.45, 2.75) is 0 Å². The zero-order chi connectivity index (χ0) is 7.84. The minimum atomic E-state index is -0.300. The minimum absolute atomic E-state index is 0. The van der Waals surface area contributed by atoms with E-state index in [0.29, 0.717) is 11.1 Å². The van der Waals surface area contributed by atoms with E-state index < -0.39 is 0 Å². The zero-order valence-corrected chi connectivity index (χ0v) is 9.30. The molecule has 0 bridgehead atoms. The number of carbonyl (C=O) groups is 2. The summed E-state index contributed by atoms with van der Waals surface area (Å²) in [5, 5.41) is 2.20. The molecule has 1 N–H and O–H groups in total. The van der Waals surface area contributed by atoms with Crippen LogP contribution < -0.4 is 5.32 Å². The molecule has 56 valence electrons. The number of fused-ring (bicyclic) bond motifs is 1. The third-order valence-corrected chi connectivity index (χ3v) is 1.64. The average Bonchev–Trinajstić information content (AvgIpc) is 2.30. The molecule has 1 aromatic carbocycles. The van der Waals surface area contributed by atoms with Gasteiger partial charge >= 0.3 is 0 Å². The van der Waals surface area contributed by atoms with Gasteiger partial charge in [-0.25, -0.2) is 0 Å². The first-order valence-electron chi connectivity index (χ1n) is 3.24. The summed E-state index contributed by atoms with van der Waals surface area (Å²) >= 11 is 0. The van der Waals surface area contributed by atoms with Gasteiger partial charge < -0.3 is 0 Å². The molecule has 2 amide bonds. The smallest absolute Gasteiger partial charge is 0.258 e. The van der Waals surface area contributed by atoms with Crippen molar-refractivity contribution in [3.63, 3.8) is 0 Å². The molecule has 1 heterocycles. The van der Waals surface area contributed by atoms with Crippen molar-refractivity contribution in [3.8, 4) is 0 Å². The quantitative estimate of drug-likeness (QED) is 0.505. The number of hydrogen-bond donors (Lipinski definition) is 1. The zero-order valence-electron chi connectivity index (χ0n) is 6.33. The Morgan fingerprint density at radius 2 is 1.33 bits per heavy atom. The van der Waals surface area contributed by atoms with Crippen LogP contribution in [0.25, 0.3) is 0 Å². The van der Waals surface area contributed by atoms with E-state index in [0.717, 1.165) is 0 Å². The van der Waals surface area contributed by atoms with Gasteiger partial charge in [0.15, 0.2) is 0 Å². The summed E-state index contributed by atoms with van der Waals surface area (Å²) in [4.78, 5) is 21.9. The fourth-order valence-electron chi connectivity index (χ4n) is 1.12. The standard InChI is InChI=1S/C8H5NO2.Zn/c10-7-5-3-1-2-4-6(5)8(11)9-7;/h1-4H,(H,9,10,11);. The van der Waals surface area contributed by atoms with E-state index in [2.05, 4.69) is 5.32 Å². The Labute approximate surface area is 81.9 Å². The van der Waals surface area contributed by atoms with Crippen LogP contribution in [0, 0.1) is 0 Å². The Balaban J connectivity index is 0.000000720. The monoisotopic (exact) mass is 211 g/mol. The number of rotatable bonds is 0. The molecule has 0 unspecified atom stereocenters. The summed E-state index contributed by atoms with van der Waals surface area (Å²) in [7, 11) is 0. The van der Waals surface area contributed by atoms with Gasteiger partial charge in [-0.2, -0.15) is 0 Å². The molecule has 0 aromatic heterocycles. The van der Waals surface area contributed by atoms with E-state index in [1.54, 1.807) is 24.3 Å². The van der Waals surface area contributed by atoms with Crippen molar-refractivity contribution in [1.82, 2.24) is 5.32 Å². The molecule has 0 aliphatic carbocycles. The van der Waals surface area contributed by atoms with Gasteiger partial charge in [-0.1, -0.05) is 12.1 Å². The second-order valence-electron chi connectivity index (χ2n) is 2.33. The predicted octanol–water partition coefficient (Wildman–Crippen LogP) is 0.568. The van der Waals surface area contributed by atoms with Crippen LogP contribution in [0.2, 0.25) is 0 Å². The number of imide groups is 1. The van der Waals surface area contributed by atoms with Crippen molar-refractivity contribution in [3.05, 3.63) is 35.4 Å². The van der Waals surface area contributed by atoms with E-state index in [4.69, 9.17) is 0 Å². The number of nitrogens with one attached hydrogen (secondary N) is 1. The van der Waals surface area contributed by atoms with Gasteiger partial charge in [0.2, 0.25) is 0 Å². The number of amides is 2. The fraction of sp³-hybridized carbons (Fsp3) is 0. The Morgan fingerprint density at radius 1 is 0.917 bits per heavy atom. The fourth-order valence-corrected chi connectivity index (χ4v) is 1.12. The number of hydrogen-bond acceptors (Lipinski definition) is 2. The number of benzene rings is 1. The van der Waals surface area contributed by atoms with Crippen molar-refractivity contribution in [2.24, 2.45) is 0 Å². The van der Waals surface area contributed by atoms with Crippen LogP contribution in [-0.4, -0.2) is 11.8 Å². The largest absolute Gasteiger partial charge is 0.288 e. The van der Waals surface area contributed by atoms with Crippen molar-refractivity contribution < 1.29 is 29.1 Å². The van der Waals surface area contributed by atoms with Gasteiger partial charge in [0.25, 0.3) is 11.8 Å². The molecular weight excluding hydrogens is 207 g/mol. The SMILES string of the molecule is O=C1NC(=O)c2ccccc21.[Zn]. The molecule has 0 atom stereocenters. The molecule has 1 aromatic rings. The summed E-state index contributed by atoms with van der Waals surface area (Å²) in [6, 6.07) is 6.74. The van der Waals surface area contributed by atoms with Crippen LogP contribution in [0.3, 0.4) is 0 Å². The van der Waals surface area contributed by atoms with Crippen LogP contribution in [0.1, 0.15) is 20.7 Å². The molecule has 2 rings (SSSR count). The van der Waals surface area contributed by atoms with Crippen LogP contribution in [0.5, 0.6) is 0 Å². The second kappa shape index (κ2) is 3.15. The topological polar surface area (TPSA) is 46.2 Å². The number of carbonyl (C=O) groups excluding carboxylic acids is 2. The van der Waals surface area contributed by atoms with Gasteiger partial charge in [-0.15, -0.1) is 0 Å². The summed E-state index contributed by atoms with van der Waals surface area (Å²) in [6.07, 6.45) is 0. The first kappa shape index (κ1) is 9.07. The average molecular weight is 213 g/mol. The predicted molar refractivity (Wildman–Crippen MR) is 38.2 cm³/mol. The van der Waals surface area contributed by atoms with Crippen molar-refractivity contribution in [2.75, 3.05) is 0 Å². The van der Waals surface area contributed by atoms with E-state index in [9.17, 15) is 9.59 Å². The van der Waals surface area contributed by atoms with E-state index in [1.807, 2.05) is 0 Å². The third-order valence-electron chi connectivity index (χ3n) is 1.64. The van der Waals surface area contributed by atoms with Gasteiger partial charge in [0, 0.05) is 19.5 Å². The Kier molecular flexibility index (Phi) is 2.38. The van der Waals surface area contributed by atoms with Crippen LogP contribution >= 0.6 is 0 Å². The van der Waals surface area contributed by atoms with E-state index >= 15 is 0 Å². The maximum atomic E-state index is 10.9. The van der Waals surface area contributed by atoms with Crippen molar-refractivity contribution >= 4 is 11.8 Å². The Morgan fingerprint density at radius 3 is 1.75 bits per heavy atom. The van der Waals surface area contributed by atoms with Crippen LogP contribution in [0.4, 0.5) is 0 Å². The normalized spacial score (nSPS) is 13.3. The third kappa shape index (κ3) is 1.18. The second-order valence-corrected chi connectivity index (χ2v) is 2.33. The summed E-state index contributed by atoms with van der Waals surface area (Å²) in [6.45, 7) is 0. The van der Waals surface area contributed by atoms with Crippen LogP contribution in [-0.2, 0) is 19.5 Å². The van der Waals surface area contributed by atoms with Gasteiger partial charge in [-0.05, 0) is 12.1 Å². The first-order chi connectivity index (χ1) is 5.29. The van der Waals surface area contributed by atoms with Gasteiger partial charge in [0.05, 0.1) is 11.1 Å². The molecule has 0 spiro atoms. The molecule has 0 radical (unpaired) electrons. The van der Waals surface area contributed by atoms with Gasteiger partial charge in [-0.3, -0.25) is 14.9 Å². The molecule has 0 saturated carbocycles. The molecule has 1 aliphatic rings. The van der Waals surface area contributed by atoms with E-state index in [1.165, 1.54) is 0 Å². The summed E-state index contributed by atoms with van der Waals surface area (Å²) in [5.74, 6) is -0.601. The summed E-state index contributed by atoms with van der Waals surface area (Å²) in [5.41, 5.74) is 0.940. The maximum Gasteiger partial charge on any atom is 0.258 e. The van der Waals surface area contributed by atoms with E-state index in [-0.39, 0.29) is 31.3 Å². The Hall–Kier alpha value is -1.02. The maximum absolute atomic E-state index is 10.9. The molecule has 1 aliphatic heterocycles. The molecule has 3 nitrogen and oxygen atoms in total. The van der Waals surface area contributed by atoms with Crippen LogP contribution in [0.15, 0.2) is 24.3 Å². The molecular formula is C8H5NO2Zn. The minimum Gasteiger partial charge on any atom is -0.288 e. The van der Waals surface area contributed by atoms with Gasteiger partial charge in [0.1, 0.15) is 0 Å². The molecule has 12 heavy (non-hydrogen) atoms. The molecule has 0 fully saturated rings.